The van der Waals surface area contributed by atoms with Crippen molar-refractivity contribution in [2.24, 2.45) is 0 Å². The molecule has 12 nitrogen and oxygen atoms in total. The Morgan fingerprint density at radius 1 is 0.627 bits per heavy atom. The predicted octanol–water partition coefficient (Wildman–Crippen LogP) is 9.23. The quantitative estimate of drug-likeness (QED) is 0.0810. The van der Waals surface area contributed by atoms with Crippen LogP contribution in [0.15, 0.2) is 102 Å². The number of rotatable bonds is 6. The number of pyridine rings is 2. The third kappa shape index (κ3) is 9.76. The Kier molecular flexibility index (Phi) is 14.0. The van der Waals surface area contributed by atoms with Gasteiger partial charge in [0, 0.05) is 22.2 Å². The molecule has 292 valence electrons. The van der Waals surface area contributed by atoms with Crippen LogP contribution in [-0.4, -0.2) is 36.4 Å². The number of halogens is 1. The standard InChI is InChI=1S/C22H16N4O2S.C15H10N4O2S.C7H7Br/c23-11-16-20(15-6-7-18-19(10-15)28-9-8-27-18)17(12-24)22(26-21(16)25)29-13-14-4-2-1-3-5-14;16-6-9-13(10(7-17)15(22)19-14(9)18)8-1-2-11-12(5-8)21-4-3-20-11;8-6-7-4-2-1-3-5-7/h1-7,10H,8-9,13H2,(H2,25,26);1-2,5H,3-4H2,(H3,18,19,22);1-5H,6H2. The summed E-state index contributed by atoms with van der Waals surface area (Å²) >= 11 is 9.91. The lowest BCUT2D eigenvalue weighted by Crippen LogP contribution is -2.15. The minimum atomic E-state index is 0.104. The number of aromatic nitrogens is 2. The summed E-state index contributed by atoms with van der Waals surface area (Å²) in [4.78, 5) is 7.02. The summed E-state index contributed by atoms with van der Waals surface area (Å²) < 4.78 is 22.4. The number of aromatic amines is 1. The van der Waals surface area contributed by atoms with Gasteiger partial charge in [-0.1, -0.05) is 101 Å². The molecular formula is C44H33BrN8O4S2. The third-order valence-corrected chi connectivity index (χ3v) is 10.8. The molecule has 2 aliphatic heterocycles. The Morgan fingerprint density at radius 3 is 1.58 bits per heavy atom. The number of benzene rings is 4. The molecule has 8 rings (SSSR count). The molecule has 0 saturated heterocycles. The molecule has 0 fully saturated rings. The molecule has 0 unspecified atom stereocenters. The van der Waals surface area contributed by atoms with Crippen molar-refractivity contribution < 1.29 is 18.9 Å². The van der Waals surface area contributed by atoms with Crippen LogP contribution in [0.5, 0.6) is 23.0 Å². The summed E-state index contributed by atoms with van der Waals surface area (Å²) in [5.41, 5.74) is 17.4. The highest BCUT2D eigenvalue weighted by Gasteiger charge is 2.23. The second-order valence-corrected chi connectivity index (χ2v) is 14.4. The second kappa shape index (κ2) is 19.9. The molecule has 4 heterocycles. The zero-order valence-corrected chi connectivity index (χ0v) is 34.4. The van der Waals surface area contributed by atoms with Crippen molar-refractivity contribution >= 4 is 51.5 Å². The van der Waals surface area contributed by atoms with E-state index >= 15 is 0 Å². The lowest BCUT2D eigenvalue weighted by molar-refractivity contribution is 0.171. The summed E-state index contributed by atoms with van der Waals surface area (Å²) in [6, 6.07) is 39.1. The number of nitriles is 4. The summed E-state index contributed by atoms with van der Waals surface area (Å²) in [7, 11) is 0. The van der Waals surface area contributed by atoms with Gasteiger partial charge in [0.2, 0.25) is 0 Å². The van der Waals surface area contributed by atoms with Crippen LogP contribution in [0, 0.1) is 50.0 Å². The molecule has 2 aromatic heterocycles. The first-order valence-corrected chi connectivity index (χ1v) is 20.4. The van der Waals surface area contributed by atoms with E-state index in [2.05, 4.69) is 50.2 Å². The average Bonchev–Trinajstić information content (AvgIpc) is 3.28. The monoisotopic (exact) mass is 880 g/mol. The van der Waals surface area contributed by atoms with E-state index in [-0.39, 0.29) is 33.0 Å². The first-order valence-electron chi connectivity index (χ1n) is 17.9. The molecule has 0 aliphatic carbocycles. The van der Waals surface area contributed by atoms with Gasteiger partial charge in [0.15, 0.2) is 23.0 Å². The van der Waals surface area contributed by atoms with E-state index in [0.717, 1.165) is 10.9 Å². The van der Waals surface area contributed by atoms with Crippen LogP contribution in [0.2, 0.25) is 0 Å². The van der Waals surface area contributed by atoms with E-state index in [0.29, 0.717) is 88.0 Å². The van der Waals surface area contributed by atoms with Gasteiger partial charge in [0.25, 0.3) is 0 Å². The number of H-pyrrole nitrogens is 1. The zero-order valence-electron chi connectivity index (χ0n) is 31.2. The molecule has 0 bridgehead atoms. The zero-order chi connectivity index (χ0) is 41.7. The first kappa shape index (κ1) is 41.6. The van der Waals surface area contributed by atoms with E-state index in [1.165, 1.54) is 17.3 Å². The van der Waals surface area contributed by atoms with Gasteiger partial charge in [-0.2, -0.15) is 21.0 Å². The number of alkyl halides is 1. The van der Waals surface area contributed by atoms with Gasteiger partial charge in [0.05, 0.1) is 11.1 Å². The SMILES string of the molecule is BrCc1ccccc1.N#Cc1c(N)[nH]c(=S)c(C#N)c1-c1ccc2c(c1)OCCO2.N#Cc1c(N)nc(SCc2ccccc2)c(C#N)c1-c1ccc2c(c1)OCCO2. The van der Waals surface area contributed by atoms with Gasteiger partial charge in [0.1, 0.15) is 83.1 Å². The molecule has 2 aliphatic rings. The van der Waals surface area contributed by atoms with Crippen LogP contribution in [0.1, 0.15) is 33.4 Å². The molecule has 4 aromatic carbocycles. The van der Waals surface area contributed by atoms with Gasteiger partial charge in [-0.15, -0.1) is 11.8 Å². The van der Waals surface area contributed by atoms with Crippen LogP contribution < -0.4 is 30.4 Å². The minimum Gasteiger partial charge on any atom is -0.486 e. The number of nitrogens with two attached hydrogens (primary N) is 2. The number of thioether (sulfide) groups is 1. The molecular weight excluding hydrogens is 849 g/mol. The molecule has 0 amide bonds. The van der Waals surface area contributed by atoms with Crippen molar-refractivity contribution in [1.82, 2.24) is 9.97 Å². The lowest BCUT2D eigenvalue weighted by Gasteiger charge is -2.20. The van der Waals surface area contributed by atoms with Crippen molar-refractivity contribution in [3.05, 3.63) is 135 Å². The number of fused-ring (bicyclic) bond motifs is 2. The van der Waals surface area contributed by atoms with Gasteiger partial charge in [-0.25, -0.2) is 4.98 Å². The van der Waals surface area contributed by atoms with Crippen molar-refractivity contribution in [3.63, 3.8) is 0 Å². The highest BCUT2D eigenvalue weighted by Crippen LogP contribution is 2.41. The fourth-order valence-electron chi connectivity index (χ4n) is 6.01. The number of anilines is 2. The van der Waals surface area contributed by atoms with Crippen LogP contribution in [0.25, 0.3) is 22.3 Å². The fourth-order valence-corrected chi connectivity index (χ4v) is 7.60. The fraction of sp³-hybridized carbons (Fsp3) is 0.136. The van der Waals surface area contributed by atoms with Gasteiger partial charge < -0.3 is 35.4 Å². The van der Waals surface area contributed by atoms with Crippen molar-refractivity contribution in [3.8, 4) is 69.5 Å². The number of hydrogen-bond donors (Lipinski definition) is 3. The van der Waals surface area contributed by atoms with Crippen molar-refractivity contribution in [2.45, 2.75) is 16.1 Å². The molecule has 0 atom stereocenters. The Balaban J connectivity index is 0.000000171. The largest absolute Gasteiger partial charge is 0.486 e. The summed E-state index contributed by atoms with van der Waals surface area (Å²) in [5.74, 6) is 3.28. The normalized spacial score (nSPS) is 11.7. The van der Waals surface area contributed by atoms with Crippen LogP contribution in [-0.2, 0) is 11.1 Å². The Bertz CT molecular complexity index is 2720. The molecule has 15 heteroatoms. The summed E-state index contributed by atoms with van der Waals surface area (Å²) in [6.07, 6.45) is 0. The highest BCUT2D eigenvalue weighted by molar-refractivity contribution is 9.08. The van der Waals surface area contributed by atoms with Crippen LogP contribution in [0.4, 0.5) is 11.6 Å². The van der Waals surface area contributed by atoms with E-state index in [1.54, 1.807) is 36.4 Å². The third-order valence-electron chi connectivity index (χ3n) is 8.76. The molecule has 0 spiro atoms. The average molecular weight is 882 g/mol. The number of nitrogens with one attached hydrogen (secondary N) is 1. The smallest absolute Gasteiger partial charge is 0.161 e. The van der Waals surface area contributed by atoms with Gasteiger partial charge >= 0.3 is 0 Å². The van der Waals surface area contributed by atoms with E-state index < -0.39 is 0 Å². The maximum absolute atomic E-state index is 9.90. The Hall–Kier alpha value is -7.01. The summed E-state index contributed by atoms with van der Waals surface area (Å²) in [5, 5.41) is 39.8. The number of nitrogen functional groups attached to an aromatic ring is 2. The highest BCUT2D eigenvalue weighted by atomic mass is 79.9. The van der Waals surface area contributed by atoms with Crippen LogP contribution in [0.3, 0.4) is 0 Å². The molecule has 0 saturated carbocycles. The van der Waals surface area contributed by atoms with Crippen molar-refractivity contribution in [2.75, 3.05) is 37.9 Å². The molecule has 5 N–H and O–H groups in total. The lowest BCUT2D eigenvalue weighted by atomic mass is 9.96. The van der Waals surface area contributed by atoms with E-state index in [4.69, 9.17) is 42.6 Å². The molecule has 0 radical (unpaired) electrons. The van der Waals surface area contributed by atoms with Gasteiger partial charge in [-0.3, -0.25) is 0 Å². The maximum Gasteiger partial charge on any atom is 0.161 e. The number of hydrogen-bond acceptors (Lipinski definition) is 13. The minimum absolute atomic E-state index is 0.104. The Labute approximate surface area is 358 Å². The van der Waals surface area contributed by atoms with Crippen molar-refractivity contribution in [1.29, 1.82) is 21.0 Å². The Morgan fingerprint density at radius 2 is 1.10 bits per heavy atom. The molecule has 6 aromatic rings. The second-order valence-electron chi connectivity index (χ2n) is 12.5. The topological polar surface area (TPSA) is 213 Å². The summed E-state index contributed by atoms with van der Waals surface area (Å²) in [6.45, 7) is 1.87. The number of ether oxygens (including phenoxy) is 4. The van der Waals surface area contributed by atoms with E-state index in [1.807, 2.05) is 60.7 Å². The molecule has 59 heavy (non-hydrogen) atoms. The van der Waals surface area contributed by atoms with Gasteiger partial charge in [-0.05, 0) is 46.5 Å². The van der Waals surface area contributed by atoms with Crippen LogP contribution >= 0.6 is 39.9 Å². The first-order chi connectivity index (χ1) is 28.8. The number of nitrogens with zero attached hydrogens (tertiary/aromatic N) is 5. The van der Waals surface area contributed by atoms with E-state index in [9.17, 15) is 21.0 Å². The predicted molar refractivity (Wildman–Crippen MR) is 231 cm³/mol. The maximum atomic E-state index is 9.90.